The van der Waals surface area contributed by atoms with E-state index in [4.69, 9.17) is 5.73 Å². The monoisotopic (exact) mass is 719 g/mol. The highest BCUT2D eigenvalue weighted by atomic mass is 16.2. The first kappa shape index (κ1) is 37.8. The molecule has 4 saturated carbocycles. The van der Waals surface area contributed by atoms with Gasteiger partial charge in [-0.05, 0) is 66.6 Å². The Hall–Kier alpha value is -3.90. The van der Waals surface area contributed by atoms with Gasteiger partial charge >= 0.3 is 0 Å². The molecule has 5 amide bonds. The number of likely N-dealkylation sites (tertiary alicyclic amines) is 1. The normalized spacial score (nSPS) is 26.7. The van der Waals surface area contributed by atoms with E-state index in [0.29, 0.717) is 19.4 Å². The average Bonchev–Trinajstić information content (AvgIpc) is 3.28. The Balaban J connectivity index is 1.28. The molecule has 5 atom stereocenters. The summed E-state index contributed by atoms with van der Waals surface area (Å²) in [5, 5.41) is 8.86. The molecule has 1 aliphatic heterocycles. The van der Waals surface area contributed by atoms with Crippen molar-refractivity contribution in [1.82, 2.24) is 30.8 Å². The first-order chi connectivity index (χ1) is 24.5. The lowest BCUT2D eigenvalue weighted by Crippen LogP contribution is -2.62. The van der Waals surface area contributed by atoms with Crippen LogP contribution in [0.2, 0.25) is 0 Å². The van der Waals surface area contributed by atoms with Crippen LogP contribution in [-0.2, 0) is 24.0 Å². The predicted molar refractivity (Wildman–Crippen MR) is 192 cm³/mol. The van der Waals surface area contributed by atoms with Gasteiger partial charge in [0.1, 0.15) is 24.5 Å². The number of nitrogens with two attached hydrogens (primary N) is 1. The van der Waals surface area contributed by atoms with E-state index >= 15 is 0 Å². The van der Waals surface area contributed by atoms with E-state index in [-0.39, 0.29) is 39.6 Å². The second kappa shape index (κ2) is 14.2. The molecule has 13 heteroatoms. The first-order valence-corrected chi connectivity index (χ1v) is 19.3. The number of rotatable bonds is 12. The second-order valence-electron chi connectivity index (χ2n) is 17.9. The van der Waals surface area contributed by atoms with Gasteiger partial charge in [-0.2, -0.15) is 0 Å². The lowest BCUT2D eigenvalue weighted by atomic mass is 9.73. The molecule has 6 rings (SSSR count). The third kappa shape index (κ3) is 6.61. The number of nitrogens with zero attached hydrogens (tertiary/aromatic N) is 3. The number of carbonyl (C=O) groups is 6. The minimum absolute atomic E-state index is 0.0138. The van der Waals surface area contributed by atoms with Gasteiger partial charge in [0.05, 0.1) is 11.6 Å². The molecule has 1 aromatic rings. The number of carbonyl (C=O) groups excluding carboxylic acids is 6. The van der Waals surface area contributed by atoms with E-state index in [1.807, 2.05) is 20.8 Å². The lowest BCUT2D eigenvalue weighted by molar-refractivity contribution is -0.145. The topological polar surface area (TPSA) is 194 Å². The quantitative estimate of drug-likeness (QED) is 0.237. The predicted octanol–water partition coefficient (Wildman–Crippen LogP) is 3.21. The van der Waals surface area contributed by atoms with Crippen LogP contribution in [0.15, 0.2) is 18.7 Å². The molecule has 5 fully saturated rings. The fourth-order valence-corrected chi connectivity index (χ4v) is 10.3. The Morgan fingerprint density at radius 2 is 1.54 bits per heavy atom. The van der Waals surface area contributed by atoms with Crippen LogP contribution in [0, 0.1) is 33.5 Å². The zero-order valence-electron chi connectivity index (χ0n) is 31.5. The van der Waals surface area contributed by atoms with E-state index in [2.05, 4.69) is 39.8 Å². The number of ketones is 1. The molecular formula is C39H57N7O6. The molecule has 2 heterocycles. The summed E-state index contributed by atoms with van der Waals surface area (Å²) in [6.45, 7) is 10.4. The molecule has 5 N–H and O–H groups in total. The summed E-state index contributed by atoms with van der Waals surface area (Å²) in [5.41, 5.74) is 4.50. The van der Waals surface area contributed by atoms with E-state index in [9.17, 15) is 28.8 Å². The molecule has 1 unspecified atom stereocenters. The van der Waals surface area contributed by atoms with Crippen LogP contribution in [0.25, 0.3) is 0 Å². The Bertz CT molecular complexity index is 1580. The molecular weight excluding hydrogens is 662 g/mol. The van der Waals surface area contributed by atoms with Gasteiger partial charge in [-0.15, -0.1) is 0 Å². The summed E-state index contributed by atoms with van der Waals surface area (Å²) in [7, 11) is 0. The molecule has 0 radical (unpaired) electrons. The molecule has 284 valence electrons. The molecule has 52 heavy (non-hydrogen) atoms. The van der Waals surface area contributed by atoms with Crippen LogP contribution < -0.4 is 21.7 Å². The maximum absolute atomic E-state index is 15.0. The zero-order chi connectivity index (χ0) is 37.6. The molecule has 4 aliphatic carbocycles. The number of amides is 5. The number of fused-ring (bicyclic) bond motifs is 1. The van der Waals surface area contributed by atoms with Gasteiger partial charge in [0.25, 0.3) is 11.8 Å². The van der Waals surface area contributed by atoms with E-state index < -0.39 is 59.0 Å². The maximum Gasteiger partial charge on any atom is 0.287 e. The van der Waals surface area contributed by atoms with Crippen molar-refractivity contribution in [2.75, 3.05) is 6.54 Å². The maximum atomic E-state index is 15.0. The van der Waals surface area contributed by atoms with Gasteiger partial charge in [-0.25, -0.2) is 9.97 Å². The van der Waals surface area contributed by atoms with Crippen molar-refractivity contribution < 1.29 is 28.8 Å². The fourth-order valence-electron chi connectivity index (χ4n) is 10.3. The second-order valence-corrected chi connectivity index (χ2v) is 17.9. The van der Waals surface area contributed by atoms with Crippen molar-refractivity contribution >= 4 is 35.3 Å². The first-order valence-electron chi connectivity index (χ1n) is 19.3. The van der Waals surface area contributed by atoms with Crippen molar-refractivity contribution in [1.29, 1.82) is 0 Å². The van der Waals surface area contributed by atoms with Crippen molar-refractivity contribution in [3.05, 3.63) is 24.3 Å². The molecule has 1 saturated heterocycles. The van der Waals surface area contributed by atoms with Gasteiger partial charge in [-0.3, -0.25) is 28.8 Å². The SMILES string of the molecule is CC(C)(C)[C@H](NC(=O)[C@@H](NC(=O)c1cncnc1)C1CCCCC1)C(=O)N1C[C@]2(C[C@H]1C(=O)NC(CC1CCC1)C(=O)C(N)=O)C(C)(C)C21CCC1. The lowest BCUT2D eigenvalue weighted by Gasteiger charge is -2.38. The van der Waals surface area contributed by atoms with Crippen LogP contribution in [-0.4, -0.2) is 80.9 Å². The molecule has 0 bridgehead atoms. The summed E-state index contributed by atoms with van der Waals surface area (Å²) < 4.78 is 0. The third-order valence-corrected chi connectivity index (χ3v) is 14.0. The molecule has 2 spiro atoms. The highest BCUT2D eigenvalue weighted by molar-refractivity contribution is 6.37. The minimum atomic E-state index is -1.09. The highest BCUT2D eigenvalue weighted by Gasteiger charge is 2.85. The highest BCUT2D eigenvalue weighted by Crippen LogP contribution is 2.88. The minimum Gasteiger partial charge on any atom is -0.363 e. The molecule has 13 nitrogen and oxygen atoms in total. The number of hydrogen-bond acceptors (Lipinski definition) is 8. The summed E-state index contributed by atoms with van der Waals surface area (Å²) in [6, 6.07) is -3.86. The van der Waals surface area contributed by atoms with Crippen molar-refractivity contribution in [2.45, 2.75) is 142 Å². The van der Waals surface area contributed by atoms with Crippen LogP contribution in [0.1, 0.15) is 128 Å². The molecule has 1 aromatic heterocycles. The molecule has 0 aromatic carbocycles. The van der Waals surface area contributed by atoms with Crippen LogP contribution >= 0.6 is 0 Å². The van der Waals surface area contributed by atoms with Gasteiger partial charge in [0.2, 0.25) is 23.5 Å². The van der Waals surface area contributed by atoms with Gasteiger partial charge < -0.3 is 26.6 Å². The zero-order valence-corrected chi connectivity index (χ0v) is 31.5. The summed E-state index contributed by atoms with van der Waals surface area (Å²) in [5.74, 6) is -3.59. The van der Waals surface area contributed by atoms with Gasteiger partial charge in [0, 0.05) is 24.4 Å². The molecule has 5 aliphatic rings. The smallest absolute Gasteiger partial charge is 0.287 e. The van der Waals surface area contributed by atoms with Crippen molar-refractivity contribution in [3.63, 3.8) is 0 Å². The Labute approximate surface area is 306 Å². The Kier molecular flexibility index (Phi) is 10.3. The van der Waals surface area contributed by atoms with E-state index in [1.54, 1.807) is 4.90 Å². The fraction of sp³-hybridized carbons (Fsp3) is 0.744. The third-order valence-electron chi connectivity index (χ3n) is 14.0. The van der Waals surface area contributed by atoms with Gasteiger partial charge in [-0.1, -0.05) is 79.6 Å². The number of aromatic nitrogens is 2. The van der Waals surface area contributed by atoms with E-state index in [0.717, 1.165) is 70.6 Å². The standard InChI is InChI=1S/C39H57N7O6/c1-36(2,3)30(45-34(51)28(24-13-7-6-8-14-24)44-32(49)25-19-41-22-42-20-25)35(52)46-21-39(37(4,5)38(39)15-10-16-38)18-27(46)33(50)43-26(29(47)31(40)48)17-23-11-9-12-23/h19-20,22-24,26-28,30H,6-18,21H2,1-5H3,(H2,40,48)(H,43,50)(H,44,49)(H,45,51)/t26?,27-,28-,30+,39+/m0/s1. The van der Waals surface area contributed by atoms with Crippen molar-refractivity contribution in [2.24, 2.45) is 39.2 Å². The largest absolute Gasteiger partial charge is 0.363 e. The van der Waals surface area contributed by atoms with Gasteiger partial charge in [0.15, 0.2) is 0 Å². The summed E-state index contributed by atoms with van der Waals surface area (Å²) in [4.78, 5) is 91.5. The summed E-state index contributed by atoms with van der Waals surface area (Å²) >= 11 is 0. The van der Waals surface area contributed by atoms with Crippen LogP contribution in [0.5, 0.6) is 0 Å². The summed E-state index contributed by atoms with van der Waals surface area (Å²) in [6.07, 6.45) is 15.4. The number of primary amides is 1. The van der Waals surface area contributed by atoms with Crippen LogP contribution in [0.4, 0.5) is 0 Å². The van der Waals surface area contributed by atoms with Crippen molar-refractivity contribution in [3.8, 4) is 0 Å². The average molecular weight is 720 g/mol. The number of Topliss-reactive ketones (excluding diaryl/α,β-unsaturated/α-hetero) is 1. The van der Waals surface area contributed by atoms with Crippen LogP contribution in [0.3, 0.4) is 0 Å². The van der Waals surface area contributed by atoms with E-state index in [1.165, 1.54) is 18.7 Å². The number of nitrogens with one attached hydrogen (secondary N) is 3. The Morgan fingerprint density at radius 3 is 2.06 bits per heavy atom. The Morgan fingerprint density at radius 1 is 0.885 bits per heavy atom. The number of hydrogen-bond donors (Lipinski definition) is 4.